The van der Waals surface area contributed by atoms with Gasteiger partial charge in [-0.3, -0.25) is 9.59 Å². The number of aryl methyl sites for hydroxylation is 1. The molecular weight excluding hydrogens is 346 g/mol. The smallest absolute Gasteiger partial charge is 0.340 e. The summed E-state index contributed by atoms with van der Waals surface area (Å²) in [7, 11) is 1.65. The van der Waals surface area contributed by atoms with Crippen LogP contribution in [0.2, 0.25) is 0 Å². The van der Waals surface area contributed by atoms with Crippen LogP contribution in [-0.2, 0) is 11.3 Å². The second-order valence-electron chi connectivity index (χ2n) is 6.80. The van der Waals surface area contributed by atoms with Crippen LogP contribution < -0.4 is 5.73 Å². The molecule has 7 heteroatoms. The summed E-state index contributed by atoms with van der Waals surface area (Å²) in [5, 5.41) is 0. The summed E-state index contributed by atoms with van der Waals surface area (Å²) in [4.78, 5) is 41.0. The van der Waals surface area contributed by atoms with Crippen LogP contribution in [0.5, 0.6) is 0 Å². The van der Waals surface area contributed by atoms with Gasteiger partial charge < -0.3 is 20.4 Å². The largest absolute Gasteiger partial charge is 0.459 e. The van der Waals surface area contributed by atoms with Crippen molar-refractivity contribution < 1.29 is 19.1 Å². The number of primary amides is 1. The van der Waals surface area contributed by atoms with E-state index in [0.717, 1.165) is 5.56 Å². The minimum Gasteiger partial charge on any atom is -0.459 e. The predicted molar refractivity (Wildman–Crippen MR) is 102 cm³/mol. The van der Waals surface area contributed by atoms with Crippen molar-refractivity contribution in [1.82, 2.24) is 9.88 Å². The molecule has 0 saturated heterocycles. The van der Waals surface area contributed by atoms with Crippen LogP contribution >= 0.6 is 0 Å². The number of carbonyl (C=O) groups is 3. The van der Waals surface area contributed by atoms with Crippen LogP contribution in [0.25, 0.3) is 0 Å². The summed E-state index contributed by atoms with van der Waals surface area (Å²) in [6.07, 6.45) is -0.245. The third-order valence-electron chi connectivity index (χ3n) is 4.18. The Balaban J connectivity index is 2.23. The third kappa shape index (κ3) is 4.55. The minimum atomic E-state index is -0.519. The van der Waals surface area contributed by atoms with Gasteiger partial charge in [-0.1, -0.05) is 12.1 Å². The fourth-order valence-electron chi connectivity index (χ4n) is 2.90. The molecule has 2 aromatic rings. The second kappa shape index (κ2) is 8.07. The fraction of sp³-hybridized carbons (Fsp3) is 0.350. The SMILES string of the molecule is Cc1[nH]c(C(=O)N(C)Cc2cccc(C(N)=O)c2)c(C)c1C(=O)OC(C)C. The van der Waals surface area contributed by atoms with E-state index in [1.54, 1.807) is 52.9 Å². The first-order valence-corrected chi connectivity index (χ1v) is 8.66. The highest BCUT2D eigenvalue weighted by atomic mass is 16.5. The number of esters is 1. The second-order valence-corrected chi connectivity index (χ2v) is 6.80. The summed E-state index contributed by atoms with van der Waals surface area (Å²) < 4.78 is 5.26. The van der Waals surface area contributed by atoms with Gasteiger partial charge in [0.05, 0.1) is 11.7 Å². The van der Waals surface area contributed by atoms with Gasteiger partial charge in [0.2, 0.25) is 5.91 Å². The predicted octanol–water partition coefficient (Wildman–Crippen LogP) is 2.57. The number of nitrogens with zero attached hydrogens (tertiary/aromatic N) is 1. The summed E-state index contributed by atoms with van der Waals surface area (Å²) in [5.74, 6) is -1.23. The molecule has 0 atom stereocenters. The zero-order valence-electron chi connectivity index (χ0n) is 16.3. The van der Waals surface area contributed by atoms with E-state index in [-0.39, 0.29) is 12.0 Å². The van der Waals surface area contributed by atoms with Crippen molar-refractivity contribution in [2.24, 2.45) is 5.73 Å². The van der Waals surface area contributed by atoms with Crippen molar-refractivity contribution in [3.05, 3.63) is 57.9 Å². The Morgan fingerprint density at radius 3 is 2.48 bits per heavy atom. The van der Waals surface area contributed by atoms with Gasteiger partial charge in [-0.25, -0.2) is 4.79 Å². The molecule has 0 aliphatic heterocycles. The van der Waals surface area contributed by atoms with E-state index in [2.05, 4.69) is 4.98 Å². The molecule has 0 aliphatic carbocycles. The lowest BCUT2D eigenvalue weighted by atomic mass is 10.1. The van der Waals surface area contributed by atoms with Gasteiger partial charge in [-0.05, 0) is 51.0 Å². The number of nitrogens with two attached hydrogens (primary N) is 1. The Bertz CT molecular complexity index is 883. The molecule has 7 nitrogen and oxygen atoms in total. The Kier molecular flexibility index (Phi) is 6.05. The lowest BCUT2D eigenvalue weighted by Crippen LogP contribution is -2.27. The Hall–Kier alpha value is -3.09. The standard InChI is InChI=1S/C20H25N3O4/c1-11(2)27-20(26)16-12(3)17(22-13(16)4)19(25)23(5)10-14-7-6-8-15(9-14)18(21)24/h6-9,11,22H,10H2,1-5H3,(H2,21,24). The number of rotatable bonds is 6. The van der Waals surface area contributed by atoms with Gasteiger partial charge in [-0.2, -0.15) is 0 Å². The number of aromatic amines is 1. The highest BCUT2D eigenvalue weighted by Crippen LogP contribution is 2.21. The van der Waals surface area contributed by atoms with E-state index in [1.165, 1.54) is 4.90 Å². The molecule has 0 saturated carbocycles. The van der Waals surface area contributed by atoms with Crippen molar-refractivity contribution in [3.63, 3.8) is 0 Å². The van der Waals surface area contributed by atoms with E-state index in [1.807, 2.05) is 6.07 Å². The lowest BCUT2D eigenvalue weighted by Gasteiger charge is -2.17. The average molecular weight is 371 g/mol. The molecule has 0 fully saturated rings. The molecule has 0 radical (unpaired) electrons. The average Bonchev–Trinajstić information content (AvgIpc) is 2.88. The van der Waals surface area contributed by atoms with Crippen LogP contribution in [0.1, 0.15) is 61.9 Å². The number of benzene rings is 1. The van der Waals surface area contributed by atoms with Crippen molar-refractivity contribution in [2.75, 3.05) is 7.05 Å². The number of carbonyl (C=O) groups excluding carboxylic acids is 3. The monoisotopic (exact) mass is 371 g/mol. The molecule has 1 aromatic carbocycles. The van der Waals surface area contributed by atoms with Gasteiger partial charge in [0.15, 0.2) is 0 Å². The molecule has 1 aromatic heterocycles. The number of amides is 2. The van der Waals surface area contributed by atoms with E-state index in [0.29, 0.717) is 34.6 Å². The van der Waals surface area contributed by atoms with E-state index in [9.17, 15) is 14.4 Å². The first kappa shape index (κ1) is 20.2. The molecule has 0 aliphatic rings. The van der Waals surface area contributed by atoms with E-state index in [4.69, 9.17) is 10.5 Å². The molecule has 1 heterocycles. The minimum absolute atomic E-state index is 0.245. The molecule has 144 valence electrons. The van der Waals surface area contributed by atoms with E-state index < -0.39 is 11.9 Å². The normalized spacial score (nSPS) is 10.7. The Labute approximate surface area is 158 Å². The topological polar surface area (TPSA) is 105 Å². The first-order chi connectivity index (χ1) is 12.6. The molecule has 2 rings (SSSR count). The molecule has 27 heavy (non-hydrogen) atoms. The van der Waals surface area contributed by atoms with Gasteiger partial charge in [0.1, 0.15) is 5.69 Å². The number of hydrogen-bond acceptors (Lipinski definition) is 4. The van der Waals surface area contributed by atoms with Crippen molar-refractivity contribution >= 4 is 17.8 Å². The zero-order chi connectivity index (χ0) is 20.3. The number of nitrogens with one attached hydrogen (secondary N) is 1. The van der Waals surface area contributed by atoms with Crippen LogP contribution in [0.3, 0.4) is 0 Å². The van der Waals surface area contributed by atoms with Crippen LogP contribution in [-0.4, -0.2) is 40.8 Å². The highest BCUT2D eigenvalue weighted by Gasteiger charge is 2.25. The van der Waals surface area contributed by atoms with Gasteiger partial charge in [0.25, 0.3) is 5.91 Å². The van der Waals surface area contributed by atoms with Crippen LogP contribution in [0.15, 0.2) is 24.3 Å². The summed E-state index contributed by atoms with van der Waals surface area (Å²) in [6.45, 7) is 7.29. The maximum Gasteiger partial charge on any atom is 0.340 e. The van der Waals surface area contributed by atoms with Gasteiger partial charge in [-0.15, -0.1) is 0 Å². The van der Waals surface area contributed by atoms with Crippen LogP contribution in [0, 0.1) is 13.8 Å². The first-order valence-electron chi connectivity index (χ1n) is 8.66. The fourth-order valence-corrected chi connectivity index (χ4v) is 2.90. The van der Waals surface area contributed by atoms with E-state index >= 15 is 0 Å². The maximum absolute atomic E-state index is 12.8. The molecule has 0 unspecified atom stereocenters. The third-order valence-corrected chi connectivity index (χ3v) is 4.18. The van der Waals surface area contributed by atoms with Gasteiger partial charge >= 0.3 is 5.97 Å². The summed E-state index contributed by atoms with van der Waals surface area (Å²) >= 11 is 0. The summed E-state index contributed by atoms with van der Waals surface area (Å²) in [6, 6.07) is 6.81. The quantitative estimate of drug-likeness (QED) is 0.761. The number of aromatic nitrogens is 1. The molecular formula is C20H25N3O4. The molecule has 0 spiro atoms. The van der Waals surface area contributed by atoms with Crippen molar-refractivity contribution in [3.8, 4) is 0 Å². The Morgan fingerprint density at radius 2 is 1.89 bits per heavy atom. The van der Waals surface area contributed by atoms with Crippen LogP contribution in [0.4, 0.5) is 0 Å². The maximum atomic E-state index is 12.8. The zero-order valence-corrected chi connectivity index (χ0v) is 16.3. The number of hydrogen-bond donors (Lipinski definition) is 2. The highest BCUT2D eigenvalue weighted by molar-refractivity contribution is 6.00. The lowest BCUT2D eigenvalue weighted by molar-refractivity contribution is 0.0376. The number of ether oxygens (including phenoxy) is 1. The van der Waals surface area contributed by atoms with Crippen molar-refractivity contribution in [1.29, 1.82) is 0 Å². The number of H-pyrrole nitrogens is 1. The molecule has 2 amide bonds. The summed E-state index contributed by atoms with van der Waals surface area (Å²) in [5.41, 5.74) is 8.34. The van der Waals surface area contributed by atoms with Crippen molar-refractivity contribution in [2.45, 2.75) is 40.3 Å². The Morgan fingerprint density at radius 1 is 1.22 bits per heavy atom. The van der Waals surface area contributed by atoms with Gasteiger partial charge in [0, 0.05) is 24.8 Å². The molecule has 0 bridgehead atoms. The molecule has 3 N–H and O–H groups in total.